The Morgan fingerprint density at radius 2 is 1.80 bits per heavy atom. The van der Waals surface area contributed by atoms with Gasteiger partial charge in [-0.1, -0.05) is 45.0 Å². The van der Waals surface area contributed by atoms with Crippen molar-refractivity contribution in [3.05, 3.63) is 77.7 Å². The third-order valence-corrected chi connectivity index (χ3v) is 16.5. The molecule has 1 aliphatic heterocycles. The lowest BCUT2D eigenvalue weighted by Gasteiger charge is -2.35. The number of carbonyl (C=O) groups excluding carboxylic acids is 3. The fraction of sp³-hybridized carbons (Fsp3) is 0.521. The van der Waals surface area contributed by atoms with Crippen molar-refractivity contribution in [1.82, 2.24) is 14.9 Å². The zero-order chi connectivity index (χ0) is 47.1. The molecule has 65 heavy (non-hydrogen) atoms. The number of pyridine rings is 1. The van der Waals surface area contributed by atoms with Crippen LogP contribution >= 0.6 is 18.7 Å². The molecule has 0 spiro atoms. The highest BCUT2D eigenvalue weighted by molar-refractivity contribution is 7.59. The molecule has 17 heteroatoms. The van der Waals surface area contributed by atoms with Crippen LogP contribution in [0, 0.1) is 17.3 Å². The number of esters is 1. The van der Waals surface area contributed by atoms with Gasteiger partial charge >= 0.3 is 12.1 Å². The van der Waals surface area contributed by atoms with Gasteiger partial charge in [0.2, 0.25) is 13.3 Å². The van der Waals surface area contributed by atoms with E-state index in [0.29, 0.717) is 38.9 Å². The van der Waals surface area contributed by atoms with Crippen LogP contribution in [0.2, 0.25) is 0 Å². The number of nitrogens with zero attached hydrogens (tertiary/aromatic N) is 3. The molecular formula is C48H58F3N4O8PS. The van der Waals surface area contributed by atoms with Crippen LogP contribution in [0.15, 0.2) is 66.6 Å². The number of halogens is 3. The predicted octanol–water partition coefficient (Wildman–Crippen LogP) is 10.5. The molecular weight excluding hydrogens is 881 g/mol. The molecule has 7 rings (SSSR count). The Morgan fingerprint density at radius 3 is 2.45 bits per heavy atom. The number of hydrogen-bond donors (Lipinski definition) is 2. The van der Waals surface area contributed by atoms with Crippen LogP contribution in [0.4, 0.5) is 18.3 Å². The van der Waals surface area contributed by atoms with E-state index in [1.165, 1.54) is 34.4 Å². The number of aromatic nitrogens is 2. The number of thiazole rings is 1. The van der Waals surface area contributed by atoms with E-state index in [4.69, 9.17) is 24.2 Å². The van der Waals surface area contributed by atoms with Crippen molar-refractivity contribution < 1.29 is 51.2 Å². The highest BCUT2D eigenvalue weighted by atomic mass is 32.1. The minimum atomic E-state index is -4.66. The highest BCUT2D eigenvalue weighted by Gasteiger charge is 2.65. The number of anilines is 1. The summed E-state index contributed by atoms with van der Waals surface area (Å²) in [5, 5.41) is 5.04. The Bertz CT molecular complexity index is 2480. The molecule has 3 heterocycles. The fourth-order valence-corrected chi connectivity index (χ4v) is 12.6. The maximum absolute atomic E-state index is 15.0. The Morgan fingerprint density at radius 1 is 1.06 bits per heavy atom. The van der Waals surface area contributed by atoms with Gasteiger partial charge in [0.15, 0.2) is 10.9 Å². The van der Waals surface area contributed by atoms with Crippen LogP contribution in [-0.2, 0) is 36.0 Å². The average molecular weight is 939 g/mol. The first kappa shape index (κ1) is 48.2. The molecule has 0 bridgehead atoms. The predicted molar refractivity (Wildman–Crippen MR) is 244 cm³/mol. The molecule has 2 saturated carbocycles. The van der Waals surface area contributed by atoms with Crippen LogP contribution in [0.25, 0.3) is 22.3 Å². The van der Waals surface area contributed by atoms with E-state index in [2.05, 4.69) is 11.9 Å². The minimum absolute atomic E-state index is 0.0145. The molecule has 1 unspecified atom stereocenters. The van der Waals surface area contributed by atoms with Crippen molar-refractivity contribution in [2.75, 3.05) is 19.0 Å². The van der Waals surface area contributed by atoms with Gasteiger partial charge in [0.05, 0.1) is 60.1 Å². The molecule has 1 saturated heterocycles. The number of rotatable bonds is 17. The number of amides is 1. The third kappa shape index (κ3) is 10.8. The van der Waals surface area contributed by atoms with Gasteiger partial charge in [0.1, 0.15) is 29.4 Å². The molecule has 3 fully saturated rings. The lowest BCUT2D eigenvalue weighted by atomic mass is 9.77. The molecule has 12 nitrogen and oxygen atoms in total. The van der Waals surface area contributed by atoms with Crippen LogP contribution < -0.4 is 14.8 Å². The number of ether oxygens (including phenoxy) is 3. The Labute approximate surface area is 381 Å². The second-order valence-electron chi connectivity index (χ2n) is 19.1. The number of fused-ring (bicyclic) bond motifs is 1. The number of allylic oxidation sites excluding steroid dienone is 1. The van der Waals surface area contributed by atoms with Gasteiger partial charge < -0.3 is 29.3 Å². The summed E-state index contributed by atoms with van der Waals surface area (Å²) in [4.78, 5) is 66.2. The van der Waals surface area contributed by atoms with Crippen molar-refractivity contribution in [2.24, 2.45) is 17.3 Å². The lowest BCUT2D eigenvalue weighted by molar-refractivity contribution is -0.156. The summed E-state index contributed by atoms with van der Waals surface area (Å²) >= 11 is 1.43. The van der Waals surface area contributed by atoms with Crippen LogP contribution in [-0.4, -0.2) is 80.5 Å². The van der Waals surface area contributed by atoms with Crippen molar-refractivity contribution in [3.63, 3.8) is 0 Å². The monoisotopic (exact) mass is 938 g/mol. The first-order valence-electron chi connectivity index (χ1n) is 22.1. The summed E-state index contributed by atoms with van der Waals surface area (Å²) in [5.41, 5.74) is -0.000877. The first-order valence-corrected chi connectivity index (χ1v) is 24.8. The highest BCUT2D eigenvalue weighted by Crippen LogP contribution is 2.74. The number of ketones is 1. The standard InChI is InChI=1S/C48H58F3N4O8PS/c1-8-30-23-47(30,64(59,60)26-29-12-11-13-31(18-29)48(49,50)51)24-41(56)40-20-34(25-55(40)44(58)36(46(4,5)6)21-43(57)63-32-14-9-10-15-32)62-42-22-38(39-27-65-45(54-39)52-28(2)3)53-37-19-33(61-7)16-17-35(37)42/h8,11-13,16-19,22,27-28,30,32,34,36,40H,1,9-10,14-15,20-21,23-26H2,2-7H3,(H,52,54)(H,59,60)/t30-,34-,36-,40+,47-/m1/s1. The third-order valence-electron chi connectivity index (χ3n) is 12.9. The summed E-state index contributed by atoms with van der Waals surface area (Å²) in [7, 11) is -2.84. The average Bonchev–Trinajstić information content (AvgIpc) is 3.63. The molecule has 2 aromatic carbocycles. The number of Topliss-reactive ketones (excluding diaryl/α,β-unsaturated/α-hetero) is 1. The summed E-state index contributed by atoms with van der Waals surface area (Å²) in [5.74, 6) is -1.93. The summed E-state index contributed by atoms with van der Waals surface area (Å²) in [6.45, 7) is 13.4. The van der Waals surface area contributed by atoms with Crippen LogP contribution in [0.1, 0.15) is 97.1 Å². The van der Waals surface area contributed by atoms with Gasteiger partial charge in [0, 0.05) is 41.8 Å². The van der Waals surface area contributed by atoms with E-state index in [0.717, 1.165) is 37.8 Å². The second-order valence-corrected chi connectivity index (χ2v) is 22.5. The molecule has 4 aromatic rings. The summed E-state index contributed by atoms with van der Waals surface area (Å²) in [6, 6.07) is 10.5. The first-order chi connectivity index (χ1) is 30.6. The Hall–Kier alpha value is -4.79. The number of hydrogen-bond acceptors (Lipinski definition) is 11. The van der Waals surface area contributed by atoms with Gasteiger partial charge in [-0.25, -0.2) is 9.97 Å². The largest absolute Gasteiger partial charge is 0.497 e. The number of nitrogens with one attached hydrogen (secondary N) is 1. The van der Waals surface area contributed by atoms with Gasteiger partial charge in [-0.2, -0.15) is 13.2 Å². The molecule has 2 N–H and O–H groups in total. The second kappa shape index (κ2) is 18.8. The molecule has 1 amide bonds. The van der Waals surface area contributed by atoms with E-state index < -0.39 is 83.9 Å². The number of benzene rings is 2. The molecule has 0 radical (unpaired) electrons. The maximum Gasteiger partial charge on any atom is 0.416 e. The summed E-state index contributed by atoms with van der Waals surface area (Å²) in [6.07, 6.45) is -1.80. The Balaban J connectivity index is 1.22. The normalized spacial score (nSPS) is 22.7. The minimum Gasteiger partial charge on any atom is -0.497 e. The van der Waals surface area contributed by atoms with Gasteiger partial charge in [0.25, 0.3) is 0 Å². The zero-order valence-corrected chi connectivity index (χ0v) is 39.4. The maximum atomic E-state index is 15.0. The number of carbonyl (C=O) groups is 3. The van der Waals surface area contributed by atoms with Crippen molar-refractivity contribution in [3.8, 4) is 22.9 Å². The van der Waals surface area contributed by atoms with Gasteiger partial charge in [-0.3, -0.25) is 18.9 Å². The number of alkyl halides is 3. The van der Waals surface area contributed by atoms with E-state index in [9.17, 15) is 37.0 Å². The van der Waals surface area contributed by atoms with E-state index in [-0.39, 0.29) is 43.5 Å². The molecule has 6 atom stereocenters. The SMILES string of the molecule is C=C[C@@H]1C[C@]1(CC(=O)[C@@H]1C[C@@H](Oc2cc(-c3csc(NC(C)C)n3)nc3cc(OC)ccc23)CN1C(=O)[C@@H](CC(=O)OC1CCCC1)C(C)(C)C)P(=O)(O)Cc1cccc(C(F)(F)F)c1. The Kier molecular flexibility index (Phi) is 14.0. The molecule has 350 valence electrons. The van der Waals surface area contributed by atoms with E-state index >= 15 is 0 Å². The number of likely N-dealkylation sites (tertiary alicyclic amines) is 1. The van der Waals surface area contributed by atoms with Crippen LogP contribution in [0.5, 0.6) is 11.5 Å². The smallest absolute Gasteiger partial charge is 0.416 e. The molecule has 2 aromatic heterocycles. The van der Waals surface area contributed by atoms with Crippen LogP contribution in [0.3, 0.4) is 0 Å². The zero-order valence-electron chi connectivity index (χ0n) is 37.7. The molecule has 3 aliphatic rings. The van der Waals surface area contributed by atoms with E-state index in [1.54, 1.807) is 25.3 Å². The molecule has 2 aliphatic carbocycles. The topological polar surface area (TPSA) is 157 Å². The lowest BCUT2D eigenvalue weighted by Crippen LogP contribution is -2.48. The van der Waals surface area contributed by atoms with Crippen molar-refractivity contribution in [2.45, 2.75) is 128 Å². The van der Waals surface area contributed by atoms with Crippen molar-refractivity contribution >= 4 is 52.4 Å². The summed E-state index contributed by atoms with van der Waals surface area (Å²) < 4.78 is 73.5. The fourth-order valence-electron chi connectivity index (χ4n) is 9.24. The van der Waals surface area contributed by atoms with Crippen molar-refractivity contribution in [1.29, 1.82) is 0 Å². The van der Waals surface area contributed by atoms with Gasteiger partial charge in [-0.05, 0) is 81.0 Å². The van der Waals surface area contributed by atoms with E-state index in [1.807, 2.05) is 46.1 Å². The van der Waals surface area contributed by atoms with Gasteiger partial charge in [-0.15, -0.1) is 17.9 Å². The number of methoxy groups -OCH3 is 1. The quantitative estimate of drug-likeness (QED) is 0.0590.